The quantitative estimate of drug-likeness (QED) is 0.651. The number of esters is 1. The van der Waals surface area contributed by atoms with E-state index in [-0.39, 0.29) is 44.5 Å². The second kappa shape index (κ2) is 9.41. The summed E-state index contributed by atoms with van der Waals surface area (Å²) >= 11 is 0. The molecule has 1 saturated heterocycles. The van der Waals surface area contributed by atoms with Crippen molar-refractivity contribution in [3.05, 3.63) is 35.4 Å². The Morgan fingerprint density at radius 3 is 2.40 bits per heavy atom. The lowest BCUT2D eigenvalue weighted by Crippen LogP contribution is -2.48. The Kier molecular flexibility index (Phi) is 7.40. The number of benzene rings is 1. The number of carbonyl (C=O) groups excluding carboxylic acids is 2. The molecule has 0 saturated carbocycles. The fraction of sp³-hybridized carbons (Fsp3) is 0.591. The summed E-state index contributed by atoms with van der Waals surface area (Å²) in [4.78, 5) is 26.2. The summed E-state index contributed by atoms with van der Waals surface area (Å²) < 4.78 is 38.4. The predicted molar refractivity (Wildman–Crippen MR) is 105 cm³/mol. The third-order valence-corrected chi connectivity index (χ3v) is 5.23. The summed E-state index contributed by atoms with van der Waals surface area (Å²) in [7, 11) is 0. The maximum atomic E-state index is 14.5. The number of halogens is 2. The van der Waals surface area contributed by atoms with E-state index < -0.39 is 40.6 Å². The van der Waals surface area contributed by atoms with Crippen LogP contribution in [0.25, 0.3) is 0 Å². The number of amides is 1. The fourth-order valence-electron chi connectivity index (χ4n) is 3.80. The van der Waals surface area contributed by atoms with Crippen LogP contribution in [-0.4, -0.2) is 42.3 Å². The number of ether oxygens (including phenoxy) is 2. The minimum absolute atomic E-state index is 0.0360. The summed E-state index contributed by atoms with van der Waals surface area (Å²) in [5.41, 5.74) is -1.56. The number of carbonyl (C=O) groups is 2. The van der Waals surface area contributed by atoms with E-state index in [1.807, 2.05) is 0 Å². The van der Waals surface area contributed by atoms with Crippen LogP contribution in [0.4, 0.5) is 13.6 Å². The largest absolute Gasteiger partial charge is 0.466 e. The Labute approximate surface area is 175 Å². The van der Waals surface area contributed by atoms with Crippen molar-refractivity contribution < 1.29 is 27.8 Å². The van der Waals surface area contributed by atoms with Crippen molar-refractivity contribution in [3.8, 4) is 6.07 Å². The van der Waals surface area contributed by atoms with Crippen molar-refractivity contribution in [1.29, 1.82) is 5.26 Å². The Hall–Kier alpha value is -2.69. The first kappa shape index (κ1) is 23.6. The van der Waals surface area contributed by atoms with Crippen LogP contribution >= 0.6 is 0 Å². The molecular weight excluding hydrogens is 394 g/mol. The summed E-state index contributed by atoms with van der Waals surface area (Å²) in [6.07, 6.45) is -0.0215. The molecule has 0 spiro atoms. The topological polar surface area (TPSA) is 79.6 Å². The van der Waals surface area contributed by atoms with Crippen LogP contribution in [0.3, 0.4) is 0 Å². The lowest BCUT2D eigenvalue weighted by atomic mass is 9.64. The van der Waals surface area contributed by atoms with Crippen molar-refractivity contribution in [2.45, 2.75) is 58.5 Å². The molecule has 0 aliphatic carbocycles. The van der Waals surface area contributed by atoms with Gasteiger partial charge in [-0.25, -0.2) is 13.6 Å². The SMILES string of the molecule is CCOC(=O)CC1(C(C#N)c2ccc(F)cc2F)CCN(C(=O)OC(C)(C)C)CC1. The van der Waals surface area contributed by atoms with Gasteiger partial charge in [0.25, 0.3) is 0 Å². The highest BCUT2D eigenvalue weighted by molar-refractivity contribution is 5.71. The van der Waals surface area contributed by atoms with Crippen molar-refractivity contribution in [2.24, 2.45) is 5.41 Å². The van der Waals surface area contributed by atoms with Crippen molar-refractivity contribution in [3.63, 3.8) is 0 Å². The third kappa shape index (κ3) is 5.68. The predicted octanol–water partition coefficient (Wildman–Crippen LogP) is 4.54. The zero-order valence-corrected chi connectivity index (χ0v) is 17.8. The number of hydrogen-bond donors (Lipinski definition) is 0. The molecule has 1 unspecified atom stereocenters. The standard InChI is InChI=1S/C22H28F2N2O4/c1-5-29-19(27)13-22(17(14-25)16-7-6-15(23)12-18(16)24)8-10-26(11-9-22)20(28)30-21(2,3)4/h6-7,12,17H,5,8-11,13H2,1-4H3. The summed E-state index contributed by atoms with van der Waals surface area (Å²) in [6.45, 7) is 7.65. The number of nitrogens with zero attached hydrogens (tertiary/aromatic N) is 2. The number of hydrogen-bond acceptors (Lipinski definition) is 5. The number of nitriles is 1. The minimum atomic E-state index is -0.997. The van der Waals surface area contributed by atoms with E-state index in [1.54, 1.807) is 27.7 Å². The van der Waals surface area contributed by atoms with Crippen LogP contribution in [0.2, 0.25) is 0 Å². The van der Waals surface area contributed by atoms with Gasteiger partial charge >= 0.3 is 12.1 Å². The molecule has 1 heterocycles. The molecular formula is C22H28F2N2O4. The van der Waals surface area contributed by atoms with Gasteiger partial charge in [-0.3, -0.25) is 4.79 Å². The summed E-state index contributed by atoms with van der Waals surface area (Å²) in [5.74, 6) is -3.07. The zero-order valence-electron chi connectivity index (χ0n) is 17.8. The first-order valence-electron chi connectivity index (χ1n) is 9.99. The molecule has 1 aliphatic heterocycles. The second-order valence-electron chi connectivity index (χ2n) is 8.54. The van der Waals surface area contributed by atoms with Gasteiger partial charge in [0.15, 0.2) is 0 Å². The normalized spacial score (nSPS) is 17.0. The van der Waals surface area contributed by atoms with Crippen LogP contribution < -0.4 is 0 Å². The van der Waals surface area contributed by atoms with Crippen LogP contribution in [0.5, 0.6) is 0 Å². The molecule has 1 aromatic carbocycles. The van der Waals surface area contributed by atoms with Gasteiger partial charge in [0.2, 0.25) is 0 Å². The van der Waals surface area contributed by atoms with Crippen LogP contribution in [-0.2, 0) is 14.3 Å². The van der Waals surface area contributed by atoms with Gasteiger partial charge in [-0.15, -0.1) is 0 Å². The van der Waals surface area contributed by atoms with Gasteiger partial charge in [-0.2, -0.15) is 5.26 Å². The Morgan fingerprint density at radius 2 is 1.90 bits per heavy atom. The van der Waals surface area contributed by atoms with E-state index in [4.69, 9.17) is 9.47 Å². The van der Waals surface area contributed by atoms with Crippen molar-refractivity contribution in [1.82, 2.24) is 4.90 Å². The average Bonchev–Trinajstić information content (AvgIpc) is 2.63. The molecule has 0 radical (unpaired) electrons. The minimum Gasteiger partial charge on any atom is -0.466 e. The van der Waals surface area contributed by atoms with Crippen LogP contribution in [0, 0.1) is 28.4 Å². The number of likely N-dealkylation sites (tertiary alicyclic amines) is 1. The molecule has 1 fully saturated rings. The summed E-state index contributed by atoms with van der Waals surface area (Å²) in [6, 6.07) is 5.18. The van der Waals surface area contributed by atoms with E-state index in [9.17, 15) is 23.6 Å². The third-order valence-electron chi connectivity index (χ3n) is 5.23. The van der Waals surface area contributed by atoms with Crippen molar-refractivity contribution in [2.75, 3.05) is 19.7 Å². The molecule has 0 N–H and O–H groups in total. The molecule has 164 valence electrons. The van der Waals surface area contributed by atoms with Gasteiger partial charge in [-0.1, -0.05) is 6.07 Å². The monoisotopic (exact) mass is 422 g/mol. The van der Waals surface area contributed by atoms with E-state index in [2.05, 4.69) is 6.07 Å². The van der Waals surface area contributed by atoms with Gasteiger partial charge in [-0.05, 0) is 46.6 Å². The fourth-order valence-corrected chi connectivity index (χ4v) is 3.80. The molecule has 0 bridgehead atoms. The average molecular weight is 422 g/mol. The van der Waals surface area contributed by atoms with Gasteiger partial charge in [0.1, 0.15) is 17.2 Å². The van der Waals surface area contributed by atoms with Gasteiger partial charge < -0.3 is 14.4 Å². The highest BCUT2D eigenvalue weighted by Crippen LogP contribution is 2.48. The van der Waals surface area contributed by atoms with Gasteiger partial charge in [0, 0.05) is 30.1 Å². The van der Waals surface area contributed by atoms with E-state index in [0.717, 1.165) is 12.1 Å². The number of piperidine rings is 1. The maximum Gasteiger partial charge on any atom is 0.410 e. The Morgan fingerprint density at radius 1 is 1.27 bits per heavy atom. The molecule has 6 nitrogen and oxygen atoms in total. The Balaban J connectivity index is 2.32. The van der Waals surface area contributed by atoms with E-state index in [0.29, 0.717) is 0 Å². The second-order valence-corrected chi connectivity index (χ2v) is 8.54. The Bertz CT molecular complexity index is 821. The molecule has 1 aromatic rings. The zero-order chi connectivity index (χ0) is 22.5. The molecule has 1 aliphatic rings. The smallest absolute Gasteiger partial charge is 0.410 e. The molecule has 8 heteroatoms. The molecule has 30 heavy (non-hydrogen) atoms. The van der Waals surface area contributed by atoms with Crippen molar-refractivity contribution >= 4 is 12.1 Å². The number of rotatable bonds is 5. The van der Waals surface area contributed by atoms with Crippen LogP contribution in [0.1, 0.15) is 58.4 Å². The lowest BCUT2D eigenvalue weighted by Gasteiger charge is -2.44. The molecule has 0 aromatic heterocycles. The summed E-state index contributed by atoms with van der Waals surface area (Å²) in [5, 5.41) is 9.89. The van der Waals surface area contributed by atoms with Gasteiger partial charge in [0.05, 0.1) is 25.0 Å². The first-order valence-corrected chi connectivity index (χ1v) is 9.99. The highest BCUT2D eigenvalue weighted by atomic mass is 19.1. The molecule has 1 atom stereocenters. The molecule has 2 rings (SSSR count). The van der Waals surface area contributed by atoms with E-state index >= 15 is 0 Å². The van der Waals surface area contributed by atoms with E-state index in [1.165, 1.54) is 11.0 Å². The lowest BCUT2D eigenvalue weighted by molar-refractivity contribution is -0.147. The highest BCUT2D eigenvalue weighted by Gasteiger charge is 2.46. The van der Waals surface area contributed by atoms with Crippen LogP contribution in [0.15, 0.2) is 18.2 Å². The maximum absolute atomic E-state index is 14.5. The molecule has 1 amide bonds. The first-order chi connectivity index (χ1) is 14.0.